The van der Waals surface area contributed by atoms with Crippen molar-refractivity contribution in [1.29, 1.82) is 0 Å². The van der Waals surface area contributed by atoms with Crippen LogP contribution in [-0.2, 0) is 9.59 Å². The number of carbonyl (C=O) groups excluding carboxylic acids is 1. The number of hydrogen-bond acceptors (Lipinski definition) is 2. The van der Waals surface area contributed by atoms with Crippen LogP contribution in [0.4, 0.5) is 13.2 Å². The molecule has 0 aromatic heterocycles. The summed E-state index contributed by atoms with van der Waals surface area (Å²) >= 11 is 0. The molecule has 0 spiro atoms. The van der Waals surface area contributed by atoms with Crippen LogP contribution in [-0.4, -0.2) is 28.7 Å². The minimum atomic E-state index is -5.10. The molecule has 1 atom stereocenters. The van der Waals surface area contributed by atoms with Crippen LogP contribution < -0.4 is 5.32 Å². The largest absolute Gasteiger partial charge is 0.480 e. The molecular weight excluding hydrogens is 215 g/mol. The van der Waals surface area contributed by atoms with Gasteiger partial charge in [0.05, 0.1) is 0 Å². The normalized spacial score (nSPS) is 15.2. The van der Waals surface area contributed by atoms with Gasteiger partial charge in [-0.3, -0.25) is 4.79 Å². The first kappa shape index (κ1) is 13.5. The summed E-state index contributed by atoms with van der Waals surface area (Å²) in [7, 11) is 0. The molecule has 0 radical (unpaired) electrons. The maximum absolute atomic E-state index is 11.9. The summed E-state index contributed by atoms with van der Waals surface area (Å²) in [5.74, 6) is -3.84. The van der Waals surface area contributed by atoms with Crippen molar-refractivity contribution in [3.63, 3.8) is 0 Å². The molecule has 1 unspecified atom stereocenters. The van der Waals surface area contributed by atoms with Crippen molar-refractivity contribution in [2.24, 2.45) is 0 Å². The van der Waals surface area contributed by atoms with Gasteiger partial charge in [-0.1, -0.05) is 6.08 Å². The molecular formula is C8H10F3NO3. The molecule has 0 saturated heterocycles. The van der Waals surface area contributed by atoms with E-state index >= 15 is 0 Å². The molecule has 0 aliphatic heterocycles. The molecule has 0 saturated carbocycles. The van der Waals surface area contributed by atoms with Crippen LogP contribution >= 0.6 is 0 Å². The Kier molecular flexibility index (Phi) is 3.89. The van der Waals surface area contributed by atoms with Gasteiger partial charge in [0.1, 0.15) is 5.54 Å². The quantitative estimate of drug-likeness (QED) is 0.703. The van der Waals surface area contributed by atoms with E-state index in [9.17, 15) is 22.8 Å². The lowest BCUT2D eigenvalue weighted by Crippen LogP contribution is -2.55. The second-order valence-electron chi connectivity index (χ2n) is 3.08. The number of carbonyl (C=O) groups is 2. The van der Waals surface area contributed by atoms with E-state index in [1.807, 2.05) is 0 Å². The Labute approximate surface area is 83.8 Å². The minimum absolute atomic E-state index is 0.301. The zero-order valence-electron chi connectivity index (χ0n) is 7.89. The Balaban J connectivity index is 4.78. The number of carboxylic acid groups (broad SMARTS) is 1. The predicted molar refractivity (Wildman–Crippen MR) is 45.1 cm³/mol. The van der Waals surface area contributed by atoms with E-state index < -0.39 is 23.6 Å². The molecule has 0 aliphatic carbocycles. The number of rotatable bonds is 4. The van der Waals surface area contributed by atoms with Crippen molar-refractivity contribution in [3.05, 3.63) is 12.7 Å². The molecule has 7 heteroatoms. The second-order valence-corrected chi connectivity index (χ2v) is 3.08. The number of alkyl halides is 3. The van der Waals surface area contributed by atoms with Crippen molar-refractivity contribution in [2.75, 3.05) is 0 Å². The van der Waals surface area contributed by atoms with Gasteiger partial charge >= 0.3 is 18.1 Å². The third-order valence-electron chi connectivity index (χ3n) is 1.67. The van der Waals surface area contributed by atoms with Crippen LogP contribution in [0.3, 0.4) is 0 Å². The number of amides is 1. The molecule has 0 aliphatic rings. The number of carboxylic acids is 1. The average Bonchev–Trinajstić information content (AvgIpc) is 2.02. The van der Waals surface area contributed by atoms with Crippen molar-refractivity contribution in [1.82, 2.24) is 5.32 Å². The van der Waals surface area contributed by atoms with Crippen molar-refractivity contribution in [2.45, 2.75) is 25.1 Å². The number of aliphatic carboxylic acids is 1. The van der Waals surface area contributed by atoms with Gasteiger partial charge in [-0.2, -0.15) is 13.2 Å². The van der Waals surface area contributed by atoms with E-state index in [4.69, 9.17) is 5.11 Å². The zero-order valence-corrected chi connectivity index (χ0v) is 7.89. The van der Waals surface area contributed by atoms with Gasteiger partial charge in [0, 0.05) is 0 Å². The highest BCUT2D eigenvalue weighted by atomic mass is 19.4. The smallest absolute Gasteiger partial charge is 0.471 e. The Morgan fingerprint density at radius 3 is 2.20 bits per heavy atom. The highest BCUT2D eigenvalue weighted by molar-refractivity contribution is 5.89. The van der Waals surface area contributed by atoms with E-state index in [-0.39, 0.29) is 6.42 Å². The van der Waals surface area contributed by atoms with Crippen molar-refractivity contribution < 1.29 is 27.9 Å². The number of nitrogens with one attached hydrogen (secondary N) is 1. The highest BCUT2D eigenvalue weighted by Gasteiger charge is 2.44. The fraction of sp³-hybridized carbons (Fsp3) is 0.500. The zero-order chi connectivity index (χ0) is 12.3. The maximum atomic E-state index is 11.9. The van der Waals surface area contributed by atoms with Crippen LogP contribution in [0.15, 0.2) is 12.7 Å². The Morgan fingerprint density at radius 2 is 1.93 bits per heavy atom. The summed E-state index contributed by atoms with van der Waals surface area (Å²) in [6, 6.07) is 0. The fourth-order valence-electron chi connectivity index (χ4n) is 0.802. The van der Waals surface area contributed by atoms with Crippen LogP contribution in [0.1, 0.15) is 13.3 Å². The van der Waals surface area contributed by atoms with Gasteiger partial charge in [0.25, 0.3) is 0 Å². The van der Waals surface area contributed by atoms with Gasteiger partial charge in [-0.25, -0.2) is 4.79 Å². The average molecular weight is 225 g/mol. The topological polar surface area (TPSA) is 66.4 Å². The SMILES string of the molecule is C=CCC(C)(NC(=O)C(F)(F)F)C(=O)O. The molecule has 0 bridgehead atoms. The van der Waals surface area contributed by atoms with E-state index in [1.54, 1.807) is 0 Å². The standard InChI is InChI=1S/C8H10F3NO3/c1-3-4-7(2,6(14)15)12-5(13)8(9,10)11/h3H,1,4H2,2H3,(H,12,13)(H,14,15). The minimum Gasteiger partial charge on any atom is -0.480 e. The molecule has 86 valence electrons. The third kappa shape index (κ3) is 3.61. The lowest BCUT2D eigenvalue weighted by Gasteiger charge is -2.25. The van der Waals surface area contributed by atoms with E-state index in [0.717, 1.165) is 13.0 Å². The van der Waals surface area contributed by atoms with Gasteiger partial charge < -0.3 is 10.4 Å². The molecule has 0 fully saturated rings. The molecule has 1 amide bonds. The lowest BCUT2D eigenvalue weighted by atomic mass is 9.98. The number of halogens is 3. The van der Waals surface area contributed by atoms with Gasteiger partial charge in [-0.15, -0.1) is 6.58 Å². The summed E-state index contributed by atoms with van der Waals surface area (Å²) in [5, 5.41) is 10.0. The Hall–Kier alpha value is -1.53. The first-order chi connectivity index (χ1) is 6.63. The predicted octanol–water partition coefficient (Wildman–Crippen LogP) is 1.08. The van der Waals surface area contributed by atoms with Gasteiger partial charge in [-0.05, 0) is 13.3 Å². The summed E-state index contributed by atoms with van der Waals surface area (Å²) < 4.78 is 35.6. The van der Waals surface area contributed by atoms with Crippen molar-refractivity contribution in [3.8, 4) is 0 Å². The first-order valence-electron chi connectivity index (χ1n) is 3.87. The maximum Gasteiger partial charge on any atom is 0.471 e. The highest BCUT2D eigenvalue weighted by Crippen LogP contribution is 2.18. The first-order valence-corrected chi connectivity index (χ1v) is 3.87. The monoisotopic (exact) mass is 225 g/mol. The summed E-state index contributed by atoms with van der Waals surface area (Å²) in [4.78, 5) is 21.2. The Bertz CT molecular complexity index is 287. The van der Waals surface area contributed by atoms with E-state index in [2.05, 4.69) is 6.58 Å². The molecule has 0 aromatic carbocycles. The van der Waals surface area contributed by atoms with Crippen LogP contribution in [0.2, 0.25) is 0 Å². The van der Waals surface area contributed by atoms with Crippen LogP contribution in [0.5, 0.6) is 0 Å². The van der Waals surface area contributed by atoms with E-state index in [0.29, 0.717) is 0 Å². The summed E-state index contributed by atoms with van der Waals surface area (Å²) in [5.41, 5.74) is -1.99. The molecule has 2 N–H and O–H groups in total. The van der Waals surface area contributed by atoms with Gasteiger partial charge in [0.15, 0.2) is 0 Å². The van der Waals surface area contributed by atoms with Crippen LogP contribution in [0.25, 0.3) is 0 Å². The molecule has 0 rings (SSSR count). The molecule has 15 heavy (non-hydrogen) atoms. The van der Waals surface area contributed by atoms with Crippen molar-refractivity contribution >= 4 is 11.9 Å². The van der Waals surface area contributed by atoms with Gasteiger partial charge in [0.2, 0.25) is 0 Å². The third-order valence-corrected chi connectivity index (χ3v) is 1.67. The molecule has 0 aromatic rings. The van der Waals surface area contributed by atoms with E-state index in [1.165, 1.54) is 5.32 Å². The molecule has 0 heterocycles. The molecule has 4 nitrogen and oxygen atoms in total. The fourth-order valence-corrected chi connectivity index (χ4v) is 0.802. The summed E-state index contributed by atoms with van der Waals surface area (Å²) in [6.45, 7) is 4.17. The lowest BCUT2D eigenvalue weighted by molar-refractivity contribution is -0.177. The summed E-state index contributed by atoms with van der Waals surface area (Å²) in [6.07, 6.45) is -4.28. The Morgan fingerprint density at radius 1 is 1.47 bits per heavy atom. The second kappa shape index (κ2) is 4.33. The number of hydrogen-bond donors (Lipinski definition) is 2. The van der Waals surface area contributed by atoms with Crippen LogP contribution in [0, 0.1) is 0 Å².